The molecule has 0 spiro atoms. The number of fused-ring (bicyclic) bond motifs is 2. The van der Waals surface area contributed by atoms with Crippen molar-refractivity contribution in [1.82, 2.24) is 5.16 Å². The molecule has 0 unspecified atom stereocenters. The fourth-order valence-corrected chi connectivity index (χ4v) is 2.38. The Hall–Kier alpha value is -2.15. The van der Waals surface area contributed by atoms with E-state index in [0.717, 1.165) is 0 Å². The maximum atomic E-state index is 12.2. The van der Waals surface area contributed by atoms with E-state index in [4.69, 9.17) is 10.3 Å². The highest BCUT2D eigenvalue weighted by atomic mass is 79.9. The normalized spacial score (nSPS) is 13.4. The summed E-state index contributed by atoms with van der Waals surface area (Å²) < 4.78 is 4.94. The Morgan fingerprint density at radius 3 is 2.61 bits per heavy atom. The minimum absolute atomic E-state index is 0.0172. The van der Waals surface area contributed by atoms with Crippen LogP contribution in [0.15, 0.2) is 21.3 Å². The number of halogens is 1. The number of aromatic hydroxyl groups is 1. The number of nitrogen functional groups attached to an aromatic ring is 1. The number of hydrogen-bond donors (Lipinski definition) is 2. The summed E-state index contributed by atoms with van der Waals surface area (Å²) in [6, 6.07) is 2.63. The number of carbonyl (C=O) groups is 2. The van der Waals surface area contributed by atoms with Gasteiger partial charge in [-0.15, -0.1) is 0 Å². The maximum absolute atomic E-state index is 12.2. The molecule has 0 saturated carbocycles. The van der Waals surface area contributed by atoms with Gasteiger partial charge in [-0.25, -0.2) is 0 Å². The number of nitrogens with two attached hydrogens (primary N) is 1. The zero-order valence-corrected chi connectivity index (χ0v) is 10.3. The molecule has 0 saturated heterocycles. The number of phenolic OH excluding ortho intramolecular Hbond substituents is 1. The van der Waals surface area contributed by atoms with Crippen molar-refractivity contribution >= 4 is 33.2 Å². The lowest BCUT2D eigenvalue weighted by atomic mass is 9.87. The molecule has 7 heteroatoms. The van der Waals surface area contributed by atoms with Crippen LogP contribution in [0.2, 0.25) is 0 Å². The Morgan fingerprint density at radius 2 is 1.89 bits per heavy atom. The Labute approximate surface area is 109 Å². The average Bonchev–Trinajstić information content (AvgIpc) is 2.72. The second-order valence-corrected chi connectivity index (χ2v) is 4.51. The zero-order valence-electron chi connectivity index (χ0n) is 8.73. The lowest BCUT2D eigenvalue weighted by Gasteiger charge is -2.15. The van der Waals surface area contributed by atoms with Gasteiger partial charge in [0.1, 0.15) is 11.3 Å². The fraction of sp³-hybridized carbons (Fsp3) is 0. The Morgan fingerprint density at radius 1 is 1.17 bits per heavy atom. The van der Waals surface area contributed by atoms with Crippen LogP contribution in [0.4, 0.5) is 5.69 Å². The molecular formula is C11H5BrN2O4. The van der Waals surface area contributed by atoms with Crippen LogP contribution >= 0.6 is 15.9 Å². The van der Waals surface area contributed by atoms with Gasteiger partial charge in [0.05, 0.1) is 11.1 Å². The van der Waals surface area contributed by atoms with E-state index in [-0.39, 0.29) is 38.5 Å². The molecule has 0 radical (unpaired) electrons. The van der Waals surface area contributed by atoms with Crippen LogP contribution in [0.25, 0.3) is 0 Å². The van der Waals surface area contributed by atoms with Crippen LogP contribution < -0.4 is 5.73 Å². The molecule has 1 aromatic heterocycles. The Kier molecular flexibility index (Phi) is 2.09. The van der Waals surface area contributed by atoms with Crippen LogP contribution in [-0.2, 0) is 0 Å². The molecule has 1 aromatic carbocycles. The molecule has 0 atom stereocenters. The van der Waals surface area contributed by atoms with E-state index in [1.54, 1.807) is 0 Å². The molecule has 2 aromatic rings. The summed E-state index contributed by atoms with van der Waals surface area (Å²) in [5, 5.41) is 13.2. The van der Waals surface area contributed by atoms with Crippen molar-refractivity contribution in [2.24, 2.45) is 0 Å². The van der Waals surface area contributed by atoms with Crippen molar-refractivity contribution < 1.29 is 19.2 Å². The highest BCUT2D eigenvalue weighted by Gasteiger charge is 2.39. The number of carbonyl (C=O) groups excluding carboxylic acids is 2. The molecule has 6 nitrogen and oxygen atoms in total. The van der Waals surface area contributed by atoms with Gasteiger partial charge in [0.2, 0.25) is 17.3 Å². The minimum Gasteiger partial charge on any atom is -0.507 e. The molecule has 3 N–H and O–H groups in total. The van der Waals surface area contributed by atoms with Gasteiger partial charge >= 0.3 is 0 Å². The summed E-state index contributed by atoms with van der Waals surface area (Å²) in [5.74, 6) is -1.61. The molecule has 1 aliphatic carbocycles. The number of nitrogens with zero attached hydrogens (tertiary/aromatic N) is 1. The van der Waals surface area contributed by atoms with Crippen molar-refractivity contribution in [2.45, 2.75) is 0 Å². The van der Waals surface area contributed by atoms with Gasteiger partial charge in [0.25, 0.3) is 0 Å². The van der Waals surface area contributed by atoms with E-state index in [1.807, 2.05) is 0 Å². The predicted octanol–water partition coefficient (Wildman–Crippen LogP) is 1.50. The number of rotatable bonds is 0. The SMILES string of the molecule is Nc1ccc(O)c2c1C(=O)c1c(Br)noc1C2=O. The average molecular weight is 309 g/mol. The van der Waals surface area contributed by atoms with Gasteiger partial charge in [-0.2, -0.15) is 0 Å². The second kappa shape index (κ2) is 3.42. The summed E-state index contributed by atoms with van der Waals surface area (Å²) in [7, 11) is 0. The number of benzene rings is 1. The van der Waals surface area contributed by atoms with Gasteiger partial charge in [-0.05, 0) is 28.1 Å². The minimum atomic E-state index is -0.609. The molecule has 0 aliphatic heterocycles. The third-order valence-corrected chi connectivity index (χ3v) is 3.29. The van der Waals surface area contributed by atoms with E-state index in [9.17, 15) is 14.7 Å². The zero-order chi connectivity index (χ0) is 13.0. The first-order valence-electron chi connectivity index (χ1n) is 4.88. The van der Waals surface area contributed by atoms with Gasteiger partial charge < -0.3 is 15.4 Å². The Balaban J connectivity index is 2.42. The third-order valence-electron chi connectivity index (χ3n) is 2.75. The smallest absolute Gasteiger partial charge is 0.236 e. The number of anilines is 1. The van der Waals surface area contributed by atoms with Crippen LogP contribution in [0.3, 0.4) is 0 Å². The molecule has 0 bridgehead atoms. The van der Waals surface area contributed by atoms with Crippen molar-refractivity contribution in [3.63, 3.8) is 0 Å². The summed E-state index contributed by atoms with van der Waals surface area (Å²) in [4.78, 5) is 24.4. The van der Waals surface area contributed by atoms with Crippen LogP contribution in [-0.4, -0.2) is 21.8 Å². The summed E-state index contributed by atoms with van der Waals surface area (Å²) in [6.45, 7) is 0. The molecule has 90 valence electrons. The molecular weight excluding hydrogens is 304 g/mol. The number of phenols is 1. The molecule has 0 amide bonds. The lowest BCUT2D eigenvalue weighted by molar-refractivity contribution is 0.0952. The Bertz CT molecular complexity index is 720. The summed E-state index contributed by atoms with van der Waals surface area (Å²) >= 11 is 3.03. The lowest BCUT2D eigenvalue weighted by Crippen LogP contribution is -2.21. The summed E-state index contributed by atoms with van der Waals surface area (Å²) in [5.41, 5.74) is 5.69. The highest BCUT2D eigenvalue weighted by Crippen LogP contribution is 2.38. The van der Waals surface area contributed by atoms with Crippen molar-refractivity contribution in [3.05, 3.63) is 39.2 Å². The van der Waals surface area contributed by atoms with E-state index in [2.05, 4.69) is 21.1 Å². The molecule has 18 heavy (non-hydrogen) atoms. The van der Waals surface area contributed by atoms with Crippen molar-refractivity contribution in [2.75, 3.05) is 5.73 Å². The maximum Gasteiger partial charge on any atom is 0.236 e. The summed E-state index contributed by atoms with van der Waals surface area (Å²) in [6.07, 6.45) is 0. The van der Waals surface area contributed by atoms with Crippen LogP contribution in [0.5, 0.6) is 5.75 Å². The first-order valence-corrected chi connectivity index (χ1v) is 5.67. The van der Waals surface area contributed by atoms with Crippen molar-refractivity contribution in [1.29, 1.82) is 0 Å². The van der Waals surface area contributed by atoms with Crippen molar-refractivity contribution in [3.8, 4) is 5.75 Å². The first-order chi connectivity index (χ1) is 8.52. The van der Waals surface area contributed by atoms with Gasteiger partial charge in [0.15, 0.2) is 4.60 Å². The number of ketones is 2. The van der Waals surface area contributed by atoms with Crippen LogP contribution in [0.1, 0.15) is 32.0 Å². The van der Waals surface area contributed by atoms with E-state index in [1.165, 1.54) is 12.1 Å². The largest absolute Gasteiger partial charge is 0.507 e. The topological polar surface area (TPSA) is 106 Å². The van der Waals surface area contributed by atoms with E-state index < -0.39 is 11.6 Å². The highest BCUT2D eigenvalue weighted by molar-refractivity contribution is 9.10. The van der Waals surface area contributed by atoms with E-state index >= 15 is 0 Å². The molecule has 1 heterocycles. The predicted molar refractivity (Wildman–Crippen MR) is 63.6 cm³/mol. The van der Waals surface area contributed by atoms with Crippen LogP contribution in [0, 0.1) is 0 Å². The second-order valence-electron chi connectivity index (χ2n) is 3.76. The third kappa shape index (κ3) is 1.19. The quantitative estimate of drug-likeness (QED) is 0.481. The fourth-order valence-electron chi connectivity index (χ4n) is 1.94. The standard InChI is InChI=1S/C11H5BrN2O4/c12-11-7-8(16)5-3(13)1-2-4(15)6(5)9(17)10(7)18-14-11/h1-2,15H,13H2. The number of aromatic nitrogens is 1. The molecule has 0 fully saturated rings. The molecule has 3 rings (SSSR count). The van der Waals surface area contributed by atoms with Gasteiger partial charge in [-0.1, -0.05) is 5.16 Å². The van der Waals surface area contributed by atoms with E-state index in [0.29, 0.717) is 0 Å². The first kappa shape index (κ1) is 11.0. The van der Waals surface area contributed by atoms with Gasteiger partial charge in [-0.3, -0.25) is 9.59 Å². The number of hydrogen-bond acceptors (Lipinski definition) is 6. The van der Waals surface area contributed by atoms with Gasteiger partial charge in [0, 0.05) is 5.69 Å². The molecule has 1 aliphatic rings. The monoisotopic (exact) mass is 308 g/mol.